The summed E-state index contributed by atoms with van der Waals surface area (Å²) >= 11 is 0. The molecule has 332 valence electrons. The largest absolute Gasteiger partial charge is 0.453 e. The Balaban J connectivity index is 0.894. The highest BCUT2D eigenvalue weighted by molar-refractivity contribution is 5.93. The number of benzene rings is 4. The van der Waals surface area contributed by atoms with Gasteiger partial charge in [-0.1, -0.05) is 82.3 Å². The smallest absolute Gasteiger partial charge is 0.407 e. The van der Waals surface area contributed by atoms with Gasteiger partial charge in [-0.05, 0) is 113 Å². The summed E-state index contributed by atoms with van der Waals surface area (Å²) in [6.45, 7) is 8.28. The van der Waals surface area contributed by atoms with Crippen LogP contribution in [-0.2, 0) is 19.1 Å². The van der Waals surface area contributed by atoms with Crippen LogP contribution in [0.4, 0.5) is 9.59 Å². The number of hydrogen-bond donors (Lipinski definition) is 4. The number of aromatic nitrogens is 4. The van der Waals surface area contributed by atoms with Crippen molar-refractivity contribution in [1.82, 2.24) is 40.4 Å². The average Bonchev–Trinajstić information content (AvgIpc) is 4.17. The molecule has 2 aromatic heterocycles. The minimum Gasteiger partial charge on any atom is -0.453 e. The molecule has 1 saturated carbocycles. The highest BCUT2D eigenvalue weighted by Crippen LogP contribution is 2.50. The SMILES string of the molecule is COC(=O)NC(C(=O)N1CCC[C@H]1c1ncc(-c2ccc(-c3ccc4cc(-c5ccc6nc([C@@H]7[C@H]8CC[C@H](C8)N7C(=O)[C@@H](NC(=O)OC)C(C)C)[nH]c6c5)ccc4c3)cc2)[nH]1)C(C)C. The number of nitrogens with zero attached hydrogens (tertiary/aromatic N) is 4. The molecule has 3 aliphatic rings. The number of likely N-dealkylation sites (tertiary alicyclic amines) is 2. The number of hydrogen-bond acceptors (Lipinski definition) is 8. The van der Waals surface area contributed by atoms with E-state index in [9.17, 15) is 19.2 Å². The summed E-state index contributed by atoms with van der Waals surface area (Å²) < 4.78 is 9.62. The first kappa shape index (κ1) is 42.6. The third-order valence-corrected chi connectivity index (χ3v) is 13.6. The number of rotatable bonds is 11. The van der Waals surface area contributed by atoms with Crippen LogP contribution in [0.25, 0.3) is 55.3 Å². The van der Waals surface area contributed by atoms with Crippen molar-refractivity contribution in [3.8, 4) is 33.5 Å². The van der Waals surface area contributed by atoms with Crippen LogP contribution in [0.1, 0.15) is 83.5 Å². The molecule has 4 aromatic carbocycles. The number of methoxy groups -OCH3 is 2. The Morgan fingerprint density at radius 2 is 1.28 bits per heavy atom. The molecular weight excluding hydrogens is 809 g/mol. The van der Waals surface area contributed by atoms with Crippen LogP contribution in [0.5, 0.6) is 0 Å². The van der Waals surface area contributed by atoms with Crippen molar-refractivity contribution in [3.05, 3.63) is 96.7 Å². The van der Waals surface area contributed by atoms with Crippen molar-refractivity contribution in [1.29, 1.82) is 0 Å². The Labute approximate surface area is 372 Å². The fraction of sp³-hybridized carbons (Fsp3) is 0.400. The van der Waals surface area contributed by atoms with Crippen LogP contribution in [0.2, 0.25) is 0 Å². The predicted octanol–water partition coefficient (Wildman–Crippen LogP) is 8.92. The number of amides is 4. The Morgan fingerprint density at radius 3 is 1.94 bits per heavy atom. The molecule has 0 radical (unpaired) electrons. The normalized spacial score (nSPS) is 20.3. The topological polar surface area (TPSA) is 175 Å². The molecule has 1 aliphatic carbocycles. The fourth-order valence-corrected chi connectivity index (χ4v) is 10.2. The summed E-state index contributed by atoms with van der Waals surface area (Å²) in [5, 5.41) is 7.74. The average molecular weight is 865 g/mol. The number of carbonyl (C=O) groups excluding carboxylic acids is 4. The minimum absolute atomic E-state index is 0.0877. The van der Waals surface area contributed by atoms with Gasteiger partial charge in [-0.2, -0.15) is 0 Å². The summed E-state index contributed by atoms with van der Waals surface area (Å²) in [4.78, 5) is 72.4. The lowest BCUT2D eigenvalue weighted by Gasteiger charge is -2.37. The standard InChI is InChI=1S/C50H56N8O6/c1-27(2)42(55-49(61)63-5)47(59)57-21-7-8-41(57)45-51-26-40(54-45)30-11-9-29(10-12-30)31-13-14-33-23-34(16-15-32(33)22-31)35-18-20-38-39(25-35)53-46(52-38)44-36-17-19-37(24-36)58(44)48(60)43(28(3)4)56-50(62)64-6/h9-16,18,20,22-23,25-28,36-37,41-44H,7-8,17,19,21,24H2,1-6H3,(H,51,54)(H,52,53)(H,55,61)(H,56,62)/t36-,37+,41-,42?,43-,44-/m0/s1. The number of aromatic amines is 2. The van der Waals surface area contributed by atoms with Gasteiger partial charge in [0.1, 0.15) is 23.7 Å². The molecule has 3 fully saturated rings. The molecule has 6 aromatic rings. The van der Waals surface area contributed by atoms with Gasteiger partial charge in [0.2, 0.25) is 11.8 Å². The van der Waals surface area contributed by atoms with Gasteiger partial charge >= 0.3 is 12.2 Å². The van der Waals surface area contributed by atoms with Gasteiger partial charge in [-0.15, -0.1) is 0 Å². The van der Waals surface area contributed by atoms with E-state index >= 15 is 0 Å². The Bertz CT molecular complexity index is 2720. The predicted molar refractivity (Wildman–Crippen MR) is 245 cm³/mol. The molecule has 14 nitrogen and oxygen atoms in total. The van der Waals surface area contributed by atoms with Crippen molar-refractivity contribution in [2.45, 2.75) is 90.0 Å². The summed E-state index contributed by atoms with van der Waals surface area (Å²) in [5.74, 6) is 1.40. The van der Waals surface area contributed by atoms with Crippen molar-refractivity contribution >= 4 is 45.8 Å². The quantitative estimate of drug-likeness (QED) is 0.0999. The number of piperidine rings is 1. The maximum absolute atomic E-state index is 14.1. The number of carbonyl (C=O) groups is 4. The molecule has 9 rings (SSSR count). The van der Waals surface area contributed by atoms with Gasteiger partial charge in [0.25, 0.3) is 0 Å². The van der Waals surface area contributed by atoms with Crippen LogP contribution >= 0.6 is 0 Å². The first-order chi connectivity index (χ1) is 30.9. The van der Waals surface area contributed by atoms with Gasteiger partial charge < -0.3 is 39.9 Å². The molecule has 6 atom stereocenters. The number of alkyl carbamates (subject to hydrolysis) is 2. The van der Waals surface area contributed by atoms with Gasteiger partial charge in [-0.3, -0.25) is 9.59 Å². The van der Waals surface area contributed by atoms with Crippen LogP contribution in [0, 0.1) is 17.8 Å². The van der Waals surface area contributed by atoms with E-state index in [-0.39, 0.29) is 41.8 Å². The maximum atomic E-state index is 14.1. The van der Waals surface area contributed by atoms with E-state index in [2.05, 4.69) is 93.4 Å². The number of fused-ring (bicyclic) bond motifs is 4. The molecular formula is C50H56N8O6. The van der Waals surface area contributed by atoms with E-state index in [0.717, 1.165) is 99.1 Å². The molecule has 2 aliphatic heterocycles. The molecule has 0 spiro atoms. The van der Waals surface area contributed by atoms with Crippen molar-refractivity contribution in [2.24, 2.45) is 17.8 Å². The molecule has 2 saturated heterocycles. The Kier molecular flexibility index (Phi) is 11.6. The monoisotopic (exact) mass is 864 g/mol. The lowest BCUT2D eigenvalue weighted by atomic mass is 9.95. The van der Waals surface area contributed by atoms with E-state index in [4.69, 9.17) is 19.4 Å². The lowest BCUT2D eigenvalue weighted by Crippen LogP contribution is -2.54. The molecule has 1 unspecified atom stereocenters. The minimum atomic E-state index is -0.686. The molecule has 2 bridgehead atoms. The summed E-state index contributed by atoms with van der Waals surface area (Å²) in [6.07, 6.45) is 5.16. The molecule has 4 N–H and O–H groups in total. The van der Waals surface area contributed by atoms with E-state index in [0.29, 0.717) is 12.5 Å². The van der Waals surface area contributed by atoms with Crippen LogP contribution in [0.3, 0.4) is 0 Å². The Morgan fingerprint density at radius 1 is 0.688 bits per heavy atom. The zero-order valence-electron chi connectivity index (χ0n) is 37.2. The first-order valence-corrected chi connectivity index (χ1v) is 22.4. The zero-order valence-corrected chi connectivity index (χ0v) is 37.2. The number of ether oxygens (including phenoxy) is 2. The molecule has 64 heavy (non-hydrogen) atoms. The summed E-state index contributed by atoms with van der Waals surface area (Å²) in [5.41, 5.74) is 8.00. The van der Waals surface area contributed by atoms with Gasteiger partial charge in [0.15, 0.2) is 0 Å². The highest BCUT2D eigenvalue weighted by atomic mass is 16.5. The fourth-order valence-electron chi connectivity index (χ4n) is 10.2. The second kappa shape index (κ2) is 17.5. The molecule has 4 heterocycles. The van der Waals surface area contributed by atoms with Gasteiger partial charge in [-0.25, -0.2) is 19.6 Å². The second-order valence-corrected chi connectivity index (χ2v) is 18.2. The maximum Gasteiger partial charge on any atom is 0.407 e. The summed E-state index contributed by atoms with van der Waals surface area (Å²) in [7, 11) is 2.61. The van der Waals surface area contributed by atoms with E-state index in [1.54, 1.807) is 0 Å². The second-order valence-electron chi connectivity index (χ2n) is 18.2. The van der Waals surface area contributed by atoms with Crippen LogP contribution < -0.4 is 10.6 Å². The number of imidazole rings is 2. The Hall–Kier alpha value is -6.70. The van der Waals surface area contributed by atoms with Crippen molar-refractivity contribution in [2.75, 3.05) is 20.8 Å². The van der Waals surface area contributed by atoms with E-state index < -0.39 is 24.3 Å². The first-order valence-electron chi connectivity index (χ1n) is 22.4. The number of nitrogens with one attached hydrogen (secondary N) is 4. The molecule has 4 amide bonds. The highest BCUT2D eigenvalue weighted by Gasteiger charge is 2.51. The van der Waals surface area contributed by atoms with Crippen molar-refractivity contribution < 1.29 is 28.7 Å². The van der Waals surface area contributed by atoms with Crippen LogP contribution in [0.15, 0.2) is 85.1 Å². The third kappa shape index (κ3) is 8.05. The van der Waals surface area contributed by atoms with Gasteiger partial charge in [0, 0.05) is 12.6 Å². The van der Waals surface area contributed by atoms with Crippen LogP contribution in [-0.4, -0.2) is 92.6 Å². The van der Waals surface area contributed by atoms with Gasteiger partial charge in [0.05, 0.1) is 49.2 Å². The molecule has 14 heteroatoms. The number of H-pyrrole nitrogens is 2. The van der Waals surface area contributed by atoms with E-state index in [1.807, 2.05) is 49.8 Å². The zero-order chi connectivity index (χ0) is 44.8. The third-order valence-electron chi connectivity index (χ3n) is 13.6. The van der Waals surface area contributed by atoms with Crippen molar-refractivity contribution in [3.63, 3.8) is 0 Å². The van der Waals surface area contributed by atoms with E-state index in [1.165, 1.54) is 14.2 Å². The summed E-state index contributed by atoms with van der Waals surface area (Å²) in [6, 6.07) is 26.1. The lowest BCUT2D eigenvalue weighted by molar-refractivity contribution is -0.139.